The Balaban J connectivity index is 2.35. The predicted octanol–water partition coefficient (Wildman–Crippen LogP) is 5.37. The Morgan fingerprint density at radius 1 is 1.05 bits per heavy atom. The maximum absolute atomic E-state index is 6.32. The standard InChI is InChI=1S/C15H9BrCl2N2O/c1-21-11-7-6-9(16)12-13(11)19-15(20-14(12)18)8-4-2-3-5-10(8)17/h2-7H,1H3. The van der Waals surface area contributed by atoms with Gasteiger partial charge in [0.05, 0.1) is 17.5 Å². The maximum atomic E-state index is 6.32. The second-order valence-electron chi connectivity index (χ2n) is 4.29. The van der Waals surface area contributed by atoms with Crippen molar-refractivity contribution in [1.82, 2.24) is 9.97 Å². The first-order valence-electron chi connectivity index (χ1n) is 6.06. The van der Waals surface area contributed by atoms with E-state index in [-0.39, 0.29) is 0 Å². The molecule has 0 spiro atoms. The second-order valence-corrected chi connectivity index (χ2v) is 5.91. The van der Waals surface area contributed by atoms with Gasteiger partial charge in [-0.1, -0.05) is 35.3 Å². The summed E-state index contributed by atoms with van der Waals surface area (Å²) >= 11 is 16.0. The smallest absolute Gasteiger partial charge is 0.163 e. The van der Waals surface area contributed by atoms with Gasteiger partial charge in [-0.2, -0.15) is 0 Å². The number of benzene rings is 2. The second kappa shape index (κ2) is 5.79. The van der Waals surface area contributed by atoms with E-state index in [0.29, 0.717) is 32.7 Å². The lowest BCUT2D eigenvalue weighted by Crippen LogP contribution is -1.95. The predicted molar refractivity (Wildman–Crippen MR) is 89.2 cm³/mol. The van der Waals surface area contributed by atoms with Crippen molar-refractivity contribution < 1.29 is 4.74 Å². The third-order valence-electron chi connectivity index (χ3n) is 3.05. The van der Waals surface area contributed by atoms with Crippen LogP contribution in [0.4, 0.5) is 0 Å². The number of ether oxygens (including phenoxy) is 1. The zero-order valence-electron chi connectivity index (χ0n) is 10.9. The monoisotopic (exact) mass is 382 g/mol. The third kappa shape index (κ3) is 2.59. The Morgan fingerprint density at radius 3 is 2.52 bits per heavy atom. The molecule has 3 nitrogen and oxygen atoms in total. The van der Waals surface area contributed by atoms with Gasteiger partial charge in [0.2, 0.25) is 0 Å². The molecule has 1 heterocycles. The third-order valence-corrected chi connectivity index (χ3v) is 4.32. The highest BCUT2D eigenvalue weighted by Gasteiger charge is 2.15. The van der Waals surface area contributed by atoms with Crippen LogP contribution >= 0.6 is 39.1 Å². The number of halogens is 3. The van der Waals surface area contributed by atoms with E-state index < -0.39 is 0 Å². The zero-order valence-corrected chi connectivity index (χ0v) is 14.0. The van der Waals surface area contributed by atoms with Crippen molar-refractivity contribution in [2.45, 2.75) is 0 Å². The number of methoxy groups -OCH3 is 1. The Morgan fingerprint density at radius 2 is 1.81 bits per heavy atom. The van der Waals surface area contributed by atoms with Crippen LogP contribution in [0.5, 0.6) is 5.75 Å². The van der Waals surface area contributed by atoms with E-state index in [1.165, 1.54) is 0 Å². The quantitative estimate of drug-likeness (QED) is 0.557. The lowest BCUT2D eigenvalue weighted by Gasteiger charge is -2.10. The molecular formula is C15H9BrCl2N2O. The van der Waals surface area contributed by atoms with E-state index in [2.05, 4.69) is 25.9 Å². The average molecular weight is 384 g/mol. The average Bonchev–Trinajstić information content (AvgIpc) is 2.47. The van der Waals surface area contributed by atoms with Gasteiger partial charge < -0.3 is 4.74 Å². The van der Waals surface area contributed by atoms with Crippen molar-refractivity contribution in [3.8, 4) is 17.1 Å². The zero-order chi connectivity index (χ0) is 15.0. The minimum atomic E-state index is 0.348. The molecule has 0 radical (unpaired) electrons. The summed E-state index contributed by atoms with van der Waals surface area (Å²) in [5.41, 5.74) is 1.37. The molecule has 3 aromatic rings. The van der Waals surface area contributed by atoms with Crippen molar-refractivity contribution >= 4 is 50.0 Å². The van der Waals surface area contributed by atoms with E-state index in [4.69, 9.17) is 27.9 Å². The van der Waals surface area contributed by atoms with Gasteiger partial charge in [0.1, 0.15) is 16.4 Å². The number of hydrogen-bond acceptors (Lipinski definition) is 3. The van der Waals surface area contributed by atoms with Gasteiger partial charge in [-0.25, -0.2) is 9.97 Å². The van der Waals surface area contributed by atoms with Crippen molar-refractivity contribution in [3.05, 3.63) is 51.0 Å². The molecule has 1 aromatic heterocycles. The normalized spacial score (nSPS) is 10.9. The van der Waals surface area contributed by atoms with Crippen LogP contribution in [-0.4, -0.2) is 17.1 Å². The largest absolute Gasteiger partial charge is 0.494 e. The highest BCUT2D eigenvalue weighted by atomic mass is 79.9. The first kappa shape index (κ1) is 14.6. The molecule has 0 saturated heterocycles. The van der Waals surface area contributed by atoms with Crippen LogP contribution in [0.3, 0.4) is 0 Å². The van der Waals surface area contributed by atoms with Gasteiger partial charge in [0, 0.05) is 10.0 Å². The van der Waals surface area contributed by atoms with Crippen molar-refractivity contribution in [3.63, 3.8) is 0 Å². The van der Waals surface area contributed by atoms with Crippen molar-refractivity contribution in [2.75, 3.05) is 7.11 Å². The van der Waals surface area contributed by atoms with Crippen molar-refractivity contribution in [2.24, 2.45) is 0 Å². The topological polar surface area (TPSA) is 35.0 Å². The maximum Gasteiger partial charge on any atom is 0.163 e. The van der Waals surface area contributed by atoms with Crippen LogP contribution in [0, 0.1) is 0 Å². The number of hydrogen-bond donors (Lipinski definition) is 0. The summed E-state index contributed by atoms with van der Waals surface area (Å²) in [5, 5.41) is 1.63. The number of fused-ring (bicyclic) bond motifs is 1. The number of aromatic nitrogens is 2. The van der Waals surface area contributed by atoms with Gasteiger partial charge in [0.25, 0.3) is 0 Å². The van der Waals surface area contributed by atoms with Gasteiger partial charge in [0.15, 0.2) is 5.82 Å². The molecule has 0 saturated carbocycles. The molecule has 0 amide bonds. The van der Waals surface area contributed by atoms with E-state index >= 15 is 0 Å². The summed E-state index contributed by atoms with van der Waals surface area (Å²) in [7, 11) is 1.59. The molecule has 21 heavy (non-hydrogen) atoms. The summed E-state index contributed by atoms with van der Waals surface area (Å²) in [6.07, 6.45) is 0. The molecule has 3 rings (SSSR count). The van der Waals surface area contributed by atoms with E-state index in [1.54, 1.807) is 13.2 Å². The molecule has 2 aromatic carbocycles. The summed E-state index contributed by atoms with van der Waals surface area (Å²) in [4.78, 5) is 8.92. The SMILES string of the molecule is COc1ccc(Br)c2c(Cl)nc(-c3ccccc3Cl)nc12. The Kier molecular flexibility index (Phi) is 4.02. The summed E-state index contributed by atoms with van der Waals surface area (Å²) in [6.45, 7) is 0. The molecule has 106 valence electrons. The summed E-state index contributed by atoms with van der Waals surface area (Å²) in [5.74, 6) is 1.10. The van der Waals surface area contributed by atoms with Gasteiger partial charge in [-0.3, -0.25) is 0 Å². The summed E-state index contributed by atoms with van der Waals surface area (Å²) in [6, 6.07) is 11.0. The van der Waals surface area contributed by atoms with Crippen LogP contribution in [0.15, 0.2) is 40.9 Å². The lowest BCUT2D eigenvalue weighted by atomic mass is 10.2. The molecule has 6 heteroatoms. The van der Waals surface area contributed by atoms with E-state index in [1.807, 2.05) is 30.3 Å². The summed E-state index contributed by atoms with van der Waals surface area (Å²) < 4.78 is 6.17. The molecule has 0 atom stereocenters. The van der Waals surface area contributed by atoms with Crippen LogP contribution in [0.25, 0.3) is 22.3 Å². The molecule has 0 N–H and O–H groups in total. The molecule has 0 aliphatic rings. The first-order chi connectivity index (χ1) is 10.1. The van der Waals surface area contributed by atoms with Crippen LogP contribution < -0.4 is 4.74 Å². The lowest BCUT2D eigenvalue weighted by molar-refractivity contribution is 0.419. The van der Waals surface area contributed by atoms with Gasteiger partial charge >= 0.3 is 0 Å². The molecule has 0 bridgehead atoms. The van der Waals surface area contributed by atoms with E-state index in [9.17, 15) is 0 Å². The van der Waals surface area contributed by atoms with Crippen LogP contribution in [0.1, 0.15) is 0 Å². The first-order valence-corrected chi connectivity index (χ1v) is 7.61. The Hall–Kier alpha value is -1.36. The number of rotatable bonds is 2. The van der Waals surface area contributed by atoms with Crippen molar-refractivity contribution in [1.29, 1.82) is 0 Å². The van der Waals surface area contributed by atoms with Gasteiger partial charge in [-0.05, 0) is 40.2 Å². The van der Waals surface area contributed by atoms with E-state index in [0.717, 1.165) is 10.0 Å². The van der Waals surface area contributed by atoms with Gasteiger partial charge in [-0.15, -0.1) is 0 Å². The fourth-order valence-electron chi connectivity index (χ4n) is 2.06. The minimum Gasteiger partial charge on any atom is -0.494 e. The molecule has 0 unspecified atom stereocenters. The fraction of sp³-hybridized carbons (Fsp3) is 0.0667. The number of nitrogens with zero attached hydrogens (tertiary/aromatic N) is 2. The van der Waals surface area contributed by atoms with Crippen LogP contribution in [-0.2, 0) is 0 Å². The Bertz CT molecular complexity index is 839. The highest BCUT2D eigenvalue weighted by molar-refractivity contribution is 9.10. The van der Waals surface area contributed by atoms with Crippen LogP contribution in [0.2, 0.25) is 10.2 Å². The fourth-order valence-corrected chi connectivity index (χ4v) is 3.18. The Labute approximate surface area is 140 Å². The minimum absolute atomic E-state index is 0.348. The molecule has 0 aliphatic heterocycles. The molecule has 0 fully saturated rings. The molecular weight excluding hydrogens is 375 g/mol. The highest BCUT2D eigenvalue weighted by Crippen LogP contribution is 2.36. The molecule has 0 aliphatic carbocycles.